The third-order valence-corrected chi connectivity index (χ3v) is 4.11. The number of rotatable bonds is 2. The Morgan fingerprint density at radius 2 is 1.96 bits per heavy atom. The van der Waals surface area contributed by atoms with Crippen LogP contribution in [0.3, 0.4) is 0 Å². The molecule has 24 heavy (non-hydrogen) atoms. The average Bonchev–Trinajstić information content (AvgIpc) is 3.02. The van der Waals surface area contributed by atoms with Crippen molar-refractivity contribution in [3.8, 4) is 0 Å². The minimum Gasteiger partial charge on any atom is -0.481 e. The molecule has 3 rings (SSSR count). The minimum absolute atomic E-state index is 0.0989. The fourth-order valence-electron chi connectivity index (χ4n) is 2.93. The van der Waals surface area contributed by atoms with E-state index in [1.807, 2.05) is 0 Å². The van der Waals surface area contributed by atoms with Crippen LogP contribution in [-0.4, -0.2) is 40.0 Å². The highest BCUT2D eigenvalue weighted by Gasteiger charge is 2.40. The van der Waals surface area contributed by atoms with Crippen LogP contribution in [0, 0.1) is 5.92 Å². The maximum absolute atomic E-state index is 13.5. The summed E-state index contributed by atoms with van der Waals surface area (Å²) >= 11 is 0. The maximum Gasteiger partial charge on any atom is 0.417 e. The number of likely N-dealkylation sites (tertiary alicyclic amines) is 1. The van der Waals surface area contributed by atoms with Gasteiger partial charge in [-0.3, -0.25) is 14.6 Å². The zero-order valence-electron chi connectivity index (χ0n) is 12.4. The van der Waals surface area contributed by atoms with E-state index >= 15 is 0 Å². The predicted octanol–water partition coefficient (Wildman–Crippen LogP) is 2.80. The van der Waals surface area contributed by atoms with Crippen LogP contribution in [0.4, 0.5) is 13.2 Å². The quantitative estimate of drug-likeness (QED) is 0.914. The molecule has 0 saturated carbocycles. The lowest BCUT2D eigenvalue weighted by molar-refractivity contribution is -0.141. The van der Waals surface area contributed by atoms with Crippen LogP contribution in [0.15, 0.2) is 30.5 Å². The molecule has 1 aliphatic heterocycles. The van der Waals surface area contributed by atoms with Crippen molar-refractivity contribution in [2.75, 3.05) is 13.1 Å². The summed E-state index contributed by atoms with van der Waals surface area (Å²) in [6.07, 6.45) is -3.58. The fourth-order valence-corrected chi connectivity index (χ4v) is 2.93. The van der Waals surface area contributed by atoms with E-state index in [9.17, 15) is 22.8 Å². The van der Waals surface area contributed by atoms with Crippen molar-refractivity contribution in [1.29, 1.82) is 0 Å². The smallest absolute Gasteiger partial charge is 0.417 e. The van der Waals surface area contributed by atoms with E-state index in [0.29, 0.717) is 0 Å². The molecule has 2 heterocycles. The van der Waals surface area contributed by atoms with Gasteiger partial charge >= 0.3 is 12.1 Å². The fraction of sp³-hybridized carbons (Fsp3) is 0.312. The van der Waals surface area contributed by atoms with Gasteiger partial charge in [-0.1, -0.05) is 18.2 Å². The van der Waals surface area contributed by atoms with Crippen molar-refractivity contribution in [2.45, 2.75) is 12.6 Å². The van der Waals surface area contributed by atoms with Gasteiger partial charge in [-0.25, -0.2) is 0 Å². The molecule has 1 amide bonds. The summed E-state index contributed by atoms with van der Waals surface area (Å²) < 4.78 is 40.6. The number of pyridine rings is 1. The molecule has 0 aliphatic carbocycles. The Bertz CT molecular complexity index is 820. The standard InChI is InChI=1S/C16H13F3N2O3/c17-16(18,19)13-10-3-1-2-4-12(10)20-7-11(13)14(22)21-6-5-9(8-21)15(23)24/h1-4,7,9H,5-6,8H2,(H,23,24). The third-order valence-electron chi connectivity index (χ3n) is 4.11. The summed E-state index contributed by atoms with van der Waals surface area (Å²) in [6, 6.07) is 5.72. The van der Waals surface area contributed by atoms with Gasteiger partial charge < -0.3 is 10.0 Å². The Balaban J connectivity index is 2.06. The largest absolute Gasteiger partial charge is 0.481 e. The van der Waals surface area contributed by atoms with E-state index in [2.05, 4.69) is 4.98 Å². The van der Waals surface area contributed by atoms with Gasteiger partial charge in [0, 0.05) is 24.7 Å². The molecule has 1 atom stereocenters. The highest BCUT2D eigenvalue weighted by atomic mass is 19.4. The van der Waals surface area contributed by atoms with Gasteiger partial charge in [0.15, 0.2) is 0 Å². The number of carbonyl (C=O) groups excluding carboxylic acids is 1. The van der Waals surface area contributed by atoms with E-state index in [0.717, 1.165) is 11.1 Å². The van der Waals surface area contributed by atoms with Crippen molar-refractivity contribution >= 4 is 22.8 Å². The zero-order chi connectivity index (χ0) is 17.5. The maximum atomic E-state index is 13.5. The number of fused-ring (bicyclic) bond motifs is 1. The first-order valence-corrected chi connectivity index (χ1v) is 7.26. The lowest BCUT2D eigenvalue weighted by atomic mass is 10.0. The first-order valence-electron chi connectivity index (χ1n) is 7.26. The molecule has 1 N–H and O–H groups in total. The molecule has 0 radical (unpaired) electrons. The van der Waals surface area contributed by atoms with E-state index in [4.69, 9.17) is 5.11 Å². The summed E-state index contributed by atoms with van der Waals surface area (Å²) in [6.45, 7) is 0.0121. The number of para-hydroxylation sites is 1. The number of nitrogens with zero attached hydrogens (tertiary/aromatic N) is 2. The molecule has 0 bridgehead atoms. The molecule has 8 heteroatoms. The lowest BCUT2D eigenvalue weighted by Crippen LogP contribution is -2.31. The second-order valence-corrected chi connectivity index (χ2v) is 5.64. The van der Waals surface area contributed by atoms with Crippen LogP contribution in [0.25, 0.3) is 10.9 Å². The molecule has 1 aromatic heterocycles. The van der Waals surface area contributed by atoms with E-state index in [1.54, 1.807) is 6.07 Å². The summed E-state index contributed by atoms with van der Waals surface area (Å²) in [7, 11) is 0. The van der Waals surface area contributed by atoms with Gasteiger partial charge in [-0.05, 0) is 12.5 Å². The molecular weight excluding hydrogens is 325 g/mol. The van der Waals surface area contributed by atoms with E-state index in [-0.39, 0.29) is 30.4 Å². The normalized spacial score (nSPS) is 18.1. The Morgan fingerprint density at radius 3 is 2.58 bits per heavy atom. The van der Waals surface area contributed by atoms with Crippen molar-refractivity contribution in [1.82, 2.24) is 9.88 Å². The molecule has 5 nitrogen and oxygen atoms in total. The lowest BCUT2D eigenvalue weighted by Gasteiger charge is -2.20. The Kier molecular flexibility index (Phi) is 3.90. The minimum atomic E-state index is -4.72. The Labute approximate surface area is 134 Å². The predicted molar refractivity (Wildman–Crippen MR) is 78.4 cm³/mol. The van der Waals surface area contributed by atoms with Crippen LogP contribution in [-0.2, 0) is 11.0 Å². The Hall–Kier alpha value is -2.64. The molecule has 126 valence electrons. The van der Waals surface area contributed by atoms with E-state index < -0.39 is 35.1 Å². The number of alkyl halides is 3. The number of aliphatic carboxylic acids is 1. The molecule has 1 aromatic carbocycles. The van der Waals surface area contributed by atoms with Gasteiger partial charge in [0.05, 0.1) is 22.6 Å². The number of benzene rings is 1. The molecule has 1 saturated heterocycles. The highest BCUT2D eigenvalue weighted by Crippen LogP contribution is 2.37. The third kappa shape index (κ3) is 2.79. The molecule has 2 aromatic rings. The number of hydrogen-bond donors (Lipinski definition) is 1. The van der Waals surface area contributed by atoms with Gasteiger partial charge in [-0.15, -0.1) is 0 Å². The monoisotopic (exact) mass is 338 g/mol. The number of halogens is 3. The van der Waals surface area contributed by atoms with Gasteiger partial charge in [-0.2, -0.15) is 13.2 Å². The number of carbonyl (C=O) groups is 2. The average molecular weight is 338 g/mol. The first kappa shape index (κ1) is 16.2. The van der Waals surface area contributed by atoms with E-state index in [1.165, 1.54) is 18.2 Å². The second-order valence-electron chi connectivity index (χ2n) is 5.64. The number of carboxylic acids is 1. The SMILES string of the molecule is O=C(O)C1CCN(C(=O)c2cnc3ccccc3c2C(F)(F)F)C1. The summed E-state index contributed by atoms with van der Waals surface area (Å²) in [5, 5.41) is 8.83. The van der Waals surface area contributed by atoms with Crippen LogP contribution in [0.1, 0.15) is 22.3 Å². The number of amides is 1. The van der Waals surface area contributed by atoms with Gasteiger partial charge in [0.1, 0.15) is 0 Å². The number of aromatic nitrogens is 1. The highest BCUT2D eigenvalue weighted by molar-refractivity contribution is 6.00. The van der Waals surface area contributed by atoms with Gasteiger partial charge in [0.2, 0.25) is 0 Å². The topological polar surface area (TPSA) is 70.5 Å². The van der Waals surface area contributed by atoms with Crippen molar-refractivity contribution < 1.29 is 27.9 Å². The molecule has 1 unspecified atom stereocenters. The molecule has 1 aliphatic rings. The van der Waals surface area contributed by atoms with Crippen LogP contribution < -0.4 is 0 Å². The van der Waals surface area contributed by atoms with Crippen LogP contribution in [0.2, 0.25) is 0 Å². The van der Waals surface area contributed by atoms with Crippen molar-refractivity contribution in [3.05, 3.63) is 41.6 Å². The summed E-state index contributed by atoms with van der Waals surface area (Å²) in [4.78, 5) is 28.6. The summed E-state index contributed by atoms with van der Waals surface area (Å²) in [5.74, 6) is -2.65. The molecular formula is C16H13F3N2O3. The summed E-state index contributed by atoms with van der Waals surface area (Å²) in [5.41, 5.74) is -1.43. The van der Waals surface area contributed by atoms with Crippen LogP contribution >= 0.6 is 0 Å². The van der Waals surface area contributed by atoms with Crippen LogP contribution in [0.5, 0.6) is 0 Å². The molecule has 1 fully saturated rings. The zero-order valence-corrected chi connectivity index (χ0v) is 12.4. The van der Waals surface area contributed by atoms with Gasteiger partial charge in [0.25, 0.3) is 5.91 Å². The number of hydrogen-bond acceptors (Lipinski definition) is 3. The first-order chi connectivity index (χ1) is 11.3. The van der Waals surface area contributed by atoms with Crippen molar-refractivity contribution in [2.24, 2.45) is 5.92 Å². The Morgan fingerprint density at radius 1 is 1.25 bits per heavy atom. The van der Waals surface area contributed by atoms with Crippen molar-refractivity contribution in [3.63, 3.8) is 0 Å². The molecule has 0 spiro atoms. The number of carboxylic acid groups (broad SMARTS) is 1. The second kappa shape index (κ2) is 5.77.